The summed E-state index contributed by atoms with van der Waals surface area (Å²) >= 11 is 3.13. The second kappa shape index (κ2) is 9.24. The van der Waals surface area contributed by atoms with Crippen molar-refractivity contribution in [1.82, 2.24) is 9.71 Å². The maximum atomic E-state index is 12.3. The standard InChI is InChI=1S/C19H19N3O3S3/c1-2-9-20-28(24,25)13-14-5-7-15(8-6-14)21-18(23)11-16-12-27-19(22-16)17-4-3-10-26-17/h2-8,10,12,20H,1,9,11,13H2,(H,21,23). The third-order valence-corrected chi connectivity index (χ3v) is 6.92. The van der Waals surface area contributed by atoms with Crippen molar-refractivity contribution in [1.29, 1.82) is 0 Å². The highest BCUT2D eigenvalue weighted by atomic mass is 32.2. The molecular weight excluding hydrogens is 414 g/mol. The Bertz CT molecular complexity index is 1040. The van der Waals surface area contributed by atoms with Gasteiger partial charge in [-0.2, -0.15) is 0 Å². The minimum Gasteiger partial charge on any atom is -0.326 e. The molecule has 0 aliphatic rings. The lowest BCUT2D eigenvalue weighted by Crippen LogP contribution is -2.25. The van der Waals surface area contributed by atoms with Gasteiger partial charge in [-0.3, -0.25) is 4.79 Å². The van der Waals surface area contributed by atoms with Crippen LogP contribution >= 0.6 is 22.7 Å². The van der Waals surface area contributed by atoms with Crippen LogP contribution in [0.15, 0.2) is 59.8 Å². The van der Waals surface area contributed by atoms with Crippen molar-refractivity contribution in [3.05, 3.63) is 71.1 Å². The molecule has 0 bridgehead atoms. The van der Waals surface area contributed by atoms with Crippen molar-refractivity contribution >= 4 is 44.3 Å². The summed E-state index contributed by atoms with van der Waals surface area (Å²) in [6, 6.07) is 10.7. The normalized spacial score (nSPS) is 11.3. The largest absolute Gasteiger partial charge is 0.326 e. The fourth-order valence-corrected chi connectivity index (χ4v) is 5.15. The number of thiazole rings is 1. The molecule has 3 aromatic rings. The van der Waals surface area contributed by atoms with Crippen molar-refractivity contribution in [3.63, 3.8) is 0 Å². The third-order valence-electron chi connectivity index (χ3n) is 3.67. The topological polar surface area (TPSA) is 88.2 Å². The van der Waals surface area contributed by atoms with Gasteiger partial charge in [0.25, 0.3) is 0 Å². The molecule has 2 heterocycles. The average Bonchev–Trinajstić information content (AvgIpc) is 3.33. The molecule has 0 saturated carbocycles. The van der Waals surface area contributed by atoms with Gasteiger partial charge >= 0.3 is 0 Å². The molecule has 0 atom stereocenters. The number of rotatable bonds is 9. The van der Waals surface area contributed by atoms with Crippen LogP contribution in [0.25, 0.3) is 9.88 Å². The van der Waals surface area contributed by atoms with Crippen molar-refractivity contribution in [2.24, 2.45) is 0 Å². The fourth-order valence-electron chi connectivity index (χ4n) is 2.41. The first-order chi connectivity index (χ1) is 13.4. The van der Waals surface area contributed by atoms with Crippen LogP contribution in [0.3, 0.4) is 0 Å². The molecular formula is C19H19N3O3S3. The second-order valence-electron chi connectivity index (χ2n) is 5.94. The van der Waals surface area contributed by atoms with Crippen LogP contribution in [-0.4, -0.2) is 25.9 Å². The second-order valence-corrected chi connectivity index (χ2v) is 9.55. The molecule has 0 aliphatic carbocycles. The SMILES string of the molecule is C=CCNS(=O)(=O)Cc1ccc(NC(=O)Cc2csc(-c3cccs3)n2)cc1. The third kappa shape index (κ3) is 5.83. The van der Waals surface area contributed by atoms with E-state index in [2.05, 4.69) is 21.6 Å². The molecule has 28 heavy (non-hydrogen) atoms. The molecule has 0 radical (unpaired) electrons. The van der Waals surface area contributed by atoms with Crippen LogP contribution in [0, 0.1) is 0 Å². The summed E-state index contributed by atoms with van der Waals surface area (Å²) in [5.74, 6) is -0.296. The van der Waals surface area contributed by atoms with E-state index in [-0.39, 0.29) is 24.6 Å². The molecule has 0 spiro atoms. The van der Waals surface area contributed by atoms with E-state index in [1.807, 2.05) is 22.9 Å². The summed E-state index contributed by atoms with van der Waals surface area (Å²) in [6.45, 7) is 3.68. The molecule has 2 aromatic heterocycles. The van der Waals surface area contributed by atoms with Gasteiger partial charge < -0.3 is 5.32 Å². The van der Waals surface area contributed by atoms with Crippen molar-refractivity contribution in [2.75, 3.05) is 11.9 Å². The highest BCUT2D eigenvalue weighted by molar-refractivity contribution is 7.88. The molecule has 9 heteroatoms. The van der Waals surface area contributed by atoms with Crippen molar-refractivity contribution < 1.29 is 13.2 Å². The Morgan fingerprint density at radius 3 is 2.64 bits per heavy atom. The summed E-state index contributed by atoms with van der Waals surface area (Å²) in [5, 5.41) is 7.60. The lowest BCUT2D eigenvalue weighted by Gasteiger charge is -2.07. The van der Waals surface area contributed by atoms with E-state index in [0.717, 1.165) is 15.6 Å². The van der Waals surface area contributed by atoms with Gasteiger partial charge in [-0.05, 0) is 29.1 Å². The average molecular weight is 434 g/mol. The molecule has 6 nitrogen and oxygen atoms in total. The molecule has 0 saturated heterocycles. The van der Waals surface area contributed by atoms with Gasteiger partial charge in [-0.1, -0.05) is 24.3 Å². The quantitative estimate of drug-likeness (QED) is 0.504. The predicted molar refractivity (Wildman–Crippen MR) is 115 cm³/mol. The van der Waals surface area contributed by atoms with E-state index >= 15 is 0 Å². The summed E-state index contributed by atoms with van der Waals surface area (Å²) in [6.07, 6.45) is 1.67. The number of benzene rings is 1. The Balaban J connectivity index is 1.55. The molecule has 0 aliphatic heterocycles. The zero-order valence-electron chi connectivity index (χ0n) is 14.9. The highest BCUT2D eigenvalue weighted by Crippen LogP contribution is 2.28. The van der Waals surface area contributed by atoms with E-state index in [4.69, 9.17) is 0 Å². The Kier molecular flexibility index (Phi) is 6.74. The van der Waals surface area contributed by atoms with Gasteiger partial charge in [-0.25, -0.2) is 18.1 Å². The number of nitrogens with zero attached hydrogens (tertiary/aromatic N) is 1. The van der Waals surface area contributed by atoms with E-state index in [1.54, 1.807) is 35.6 Å². The van der Waals surface area contributed by atoms with Crippen LogP contribution in [0.2, 0.25) is 0 Å². The zero-order chi connectivity index (χ0) is 20.0. The number of sulfonamides is 1. The minimum absolute atomic E-state index is 0.126. The van der Waals surface area contributed by atoms with E-state index in [9.17, 15) is 13.2 Å². The van der Waals surface area contributed by atoms with Crippen LogP contribution in [-0.2, 0) is 27.0 Å². The molecule has 1 amide bonds. The number of carbonyl (C=O) groups is 1. The maximum absolute atomic E-state index is 12.3. The number of aromatic nitrogens is 1. The summed E-state index contributed by atoms with van der Waals surface area (Å²) in [7, 11) is -3.40. The van der Waals surface area contributed by atoms with E-state index in [1.165, 1.54) is 17.4 Å². The van der Waals surface area contributed by atoms with Crippen molar-refractivity contribution in [2.45, 2.75) is 12.2 Å². The zero-order valence-corrected chi connectivity index (χ0v) is 17.4. The summed E-state index contributed by atoms with van der Waals surface area (Å²) in [4.78, 5) is 17.8. The number of carbonyl (C=O) groups excluding carboxylic acids is 1. The predicted octanol–water partition coefficient (Wildman–Crippen LogP) is 3.66. The van der Waals surface area contributed by atoms with Gasteiger partial charge in [0.05, 0.1) is 22.7 Å². The van der Waals surface area contributed by atoms with Crippen LogP contribution < -0.4 is 10.0 Å². The number of hydrogen-bond donors (Lipinski definition) is 2. The summed E-state index contributed by atoms with van der Waals surface area (Å²) < 4.78 is 26.2. The Hall–Kier alpha value is -2.33. The minimum atomic E-state index is -3.40. The Labute approximate surface area is 172 Å². The molecule has 2 N–H and O–H groups in total. The molecule has 0 unspecified atom stereocenters. The number of thiophene rings is 1. The molecule has 1 aromatic carbocycles. The van der Waals surface area contributed by atoms with Crippen LogP contribution in [0.1, 0.15) is 11.3 Å². The number of anilines is 1. The smallest absolute Gasteiger partial charge is 0.230 e. The van der Waals surface area contributed by atoms with E-state index in [0.29, 0.717) is 11.3 Å². The first kappa shape index (κ1) is 20.4. The van der Waals surface area contributed by atoms with Crippen molar-refractivity contribution in [3.8, 4) is 9.88 Å². The number of hydrogen-bond acceptors (Lipinski definition) is 6. The maximum Gasteiger partial charge on any atom is 0.230 e. The lowest BCUT2D eigenvalue weighted by molar-refractivity contribution is -0.115. The first-order valence-electron chi connectivity index (χ1n) is 8.40. The lowest BCUT2D eigenvalue weighted by atomic mass is 10.2. The van der Waals surface area contributed by atoms with Gasteiger partial charge in [0, 0.05) is 17.6 Å². The number of amides is 1. The van der Waals surface area contributed by atoms with Gasteiger partial charge in [0.1, 0.15) is 5.01 Å². The summed E-state index contributed by atoms with van der Waals surface area (Å²) in [5.41, 5.74) is 1.97. The monoisotopic (exact) mass is 433 g/mol. The Morgan fingerprint density at radius 1 is 1.18 bits per heavy atom. The van der Waals surface area contributed by atoms with Crippen LogP contribution in [0.4, 0.5) is 5.69 Å². The van der Waals surface area contributed by atoms with Gasteiger partial charge in [0.15, 0.2) is 0 Å². The van der Waals surface area contributed by atoms with Gasteiger partial charge in [0.2, 0.25) is 15.9 Å². The first-order valence-corrected chi connectivity index (χ1v) is 11.8. The molecule has 3 rings (SSSR count). The Morgan fingerprint density at radius 2 is 1.96 bits per heavy atom. The van der Waals surface area contributed by atoms with Gasteiger partial charge in [-0.15, -0.1) is 29.3 Å². The number of nitrogens with one attached hydrogen (secondary N) is 2. The van der Waals surface area contributed by atoms with E-state index < -0.39 is 10.0 Å². The highest BCUT2D eigenvalue weighted by Gasteiger charge is 2.12. The van der Waals surface area contributed by atoms with Crippen LogP contribution in [0.5, 0.6) is 0 Å². The molecule has 0 fully saturated rings. The molecule has 146 valence electrons. The fraction of sp³-hybridized carbons (Fsp3) is 0.158.